The van der Waals surface area contributed by atoms with Crippen LogP contribution in [0.25, 0.3) is 0 Å². The Bertz CT molecular complexity index is 636. The zero-order chi connectivity index (χ0) is 14.2. The van der Waals surface area contributed by atoms with Gasteiger partial charge in [-0.05, 0) is 37.1 Å². The van der Waals surface area contributed by atoms with Crippen molar-refractivity contribution in [2.45, 2.75) is 20.0 Å². The van der Waals surface area contributed by atoms with Crippen LogP contribution < -0.4 is 0 Å². The molecule has 5 nitrogen and oxygen atoms in total. The molecule has 0 bridgehead atoms. The van der Waals surface area contributed by atoms with Crippen LogP contribution in [0.5, 0.6) is 0 Å². The molecule has 19 heavy (non-hydrogen) atoms. The Hall–Kier alpha value is -1.85. The quantitative estimate of drug-likeness (QED) is 0.689. The molecular formula is C13H12ClNO4. The summed E-state index contributed by atoms with van der Waals surface area (Å²) in [6.45, 7) is 3.81. The van der Waals surface area contributed by atoms with Crippen molar-refractivity contribution < 1.29 is 14.4 Å². The molecule has 0 spiro atoms. The van der Waals surface area contributed by atoms with E-state index in [4.69, 9.17) is 16.0 Å². The third-order valence-electron chi connectivity index (χ3n) is 2.97. The molecule has 1 N–H and O–H groups in total. The smallest absolute Gasteiger partial charge is 0.403 e. The summed E-state index contributed by atoms with van der Waals surface area (Å²) in [5.41, 5.74) is 2.44. The molecule has 0 saturated heterocycles. The van der Waals surface area contributed by atoms with E-state index in [1.165, 1.54) is 12.1 Å². The molecule has 0 aliphatic carbocycles. The van der Waals surface area contributed by atoms with E-state index < -0.39 is 16.9 Å². The lowest BCUT2D eigenvalue weighted by molar-refractivity contribution is -0.402. The maximum atomic E-state index is 10.5. The summed E-state index contributed by atoms with van der Waals surface area (Å²) in [6.07, 6.45) is -1.12. The van der Waals surface area contributed by atoms with Gasteiger partial charge in [-0.2, -0.15) is 0 Å². The number of aliphatic hydroxyl groups is 1. The minimum absolute atomic E-state index is 0.0943. The van der Waals surface area contributed by atoms with Crippen molar-refractivity contribution in [1.82, 2.24) is 0 Å². The van der Waals surface area contributed by atoms with E-state index in [-0.39, 0.29) is 5.76 Å². The van der Waals surface area contributed by atoms with Gasteiger partial charge in [0.1, 0.15) is 16.8 Å². The molecule has 1 aromatic heterocycles. The number of aliphatic hydroxyl groups excluding tert-OH is 1. The number of rotatable bonds is 3. The molecule has 1 heterocycles. The SMILES string of the molecule is Cc1cc(Cl)c(C(O)c2ccc([N+](=O)[O-])o2)cc1C. The summed E-state index contributed by atoms with van der Waals surface area (Å²) in [7, 11) is 0. The van der Waals surface area contributed by atoms with Crippen molar-refractivity contribution in [1.29, 1.82) is 0 Å². The average Bonchev–Trinajstić information content (AvgIpc) is 2.82. The summed E-state index contributed by atoms with van der Waals surface area (Å²) in [4.78, 5) is 9.89. The van der Waals surface area contributed by atoms with E-state index in [2.05, 4.69) is 0 Å². The molecule has 6 heteroatoms. The Morgan fingerprint density at radius 2 is 1.95 bits per heavy atom. The molecule has 1 atom stereocenters. The minimum atomic E-state index is -1.12. The molecule has 0 radical (unpaired) electrons. The first-order chi connectivity index (χ1) is 8.90. The lowest BCUT2D eigenvalue weighted by Crippen LogP contribution is -2.00. The fraction of sp³-hybridized carbons (Fsp3) is 0.231. The molecule has 1 aromatic carbocycles. The predicted octanol–water partition coefficient (Wildman–Crippen LogP) is 3.54. The molecule has 0 saturated carbocycles. The number of aryl methyl sites for hydroxylation is 2. The van der Waals surface area contributed by atoms with Crippen LogP contribution in [0.1, 0.15) is 28.6 Å². The lowest BCUT2D eigenvalue weighted by Gasteiger charge is -2.12. The van der Waals surface area contributed by atoms with Gasteiger partial charge in [0.15, 0.2) is 0 Å². The van der Waals surface area contributed by atoms with E-state index in [0.29, 0.717) is 10.6 Å². The molecule has 0 aliphatic heterocycles. The maximum Gasteiger partial charge on any atom is 0.433 e. The molecule has 0 fully saturated rings. The van der Waals surface area contributed by atoms with Crippen LogP contribution in [0, 0.1) is 24.0 Å². The molecule has 100 valence electrons. The Morgan fingerprint density at radius 1 is 1.32 bits per heavy atom. The third kappa shape index (κ3) is 2.62. The second kappa shape index (κ2) is 5.03. The summed E-state index contributed by atoms with van der Waals surface area (Å²) in [5, 5.41) is 21.1. The first-order valence-corrected chi connectivity index (χ1v) is 5.96. The maximum absolute atomic E-state index is 10.5. The Kier molecular flexibility index (Phi) is 3.59. The zero-order valence-electron chi connectivity index (χ0n) is 10.4. The van der Waals surface area contributed by atoms with Gasteiger partial charge in [-0.3, -0.25) is 10.1 Å². The topological polar surface area (TPSA) is 76.5 Å². The van der Waals surface area contributed by atoms with Gasteiger partial charge < -0.3 is 9.52 Å². The van der Waals surface area contributed by atoms with Crippen LogP contribution in [0.4, 0.5) is 5.88 Å². The zero-order valence-corrected chi connectivity index (χ0v) is 11.1. The van der Waals surface area contributed by atoms with Gasteiger partial charge in [0.2, 0.25) is 0 Å². The summed E-state index contributed by atoms with van der Waals surface area (Å²) in [6, 6.07) is 6.06. The van der Waals surface area contributed by atoms with Gasteiger partial charge >= 0.3 is 5.88 Å². The van der Waals surface area contributed by atoms with Crippen LogP contribution in [-0.2, 0) is 0 Å². The first-order valence-electron chi connectivity index (χ1n) is 5.59. The highest BCUT2D eigenvalue weighted by Gasteiger charge is 2.21. The molecule has 2 aromatic rings. The van der Waals surface area contributed by atoms with Crippen LogP contribution in [0.3, 0.4) is 0 Å². The van der Waals surface area contributed by atoms with Gasteiger partial charge in [0, 0.05) is 10.6 Å². The van der Waals surface area contributed by atoms with Crippen molar-refractivity contribution in [2.75, 3.05) is 0 Å². The number of nitro groups is 1. The standard InChI is InChI=1S/C13H12ClNO4/c1-7-5-9(10(14)6-8(7)2)13(16)11-3-4-12(19-11)15(17)18/h3-6,13,16H,1-2H3. The van der Waals surface area contributed by atoms with Gasteiger partial charge in [0.05, 0.1) is 6.07 Å². The van der Waals surface area contributed by atoms with Crippen molar-refractivity contribution in [3.63, 3.8) is 0 Å². The largest absolute Gasteiger partial charge is 0.433 e. The number of furan rings is 1. The van der Waals surface area contributed by atoms with Crippen molar-refractivity contribution >= 4 is 17.5 Å². The molecule has 1 unspecified atom stereocenters. The number of benzene rings is 1. The number of halogens is 1. The Morgan fingerprint density at radius 3 is 2.53 bits per heavy atom. The molecule has 0 aliphatic rings. The fourth-order valence-electron chi connectivity index (χ4n) is 1.75. The van der Waals surface area contributed by atoms with Crippen molar-refractivity contribution in [3.8, 4) is 0 Å². The van der Waals surface area contributed by atoms with E-state index in [9.17, 15) is 15.2 Å². The van der Waals surface area contributed by atoms with Crippen molar-refractivity contribution in [2.24, 2.45) is 0 Å². The molecule has 0 amide bonds. The monoisotopic (exact) mass is 281 g/mol. The van der Waals surface area contributed by atoms with Gasteiger partial charge in [-0.25, -0.2) is 0 Å². The first kappa shape index (κ1) is 13.6. The predicted molar refractivity (Wildman–Crippen MR) is 70.4 cm³/mol. The Balaban J connectivity index is 2.40. The summed E-state index contributed by atoms with van der Waals surface area (Å²) in [5.74, 6) is -0.314. The second-order valence-electron chi connectivity index (χ2n) is 4.29. The molecular weight excluding hydrogens is 270 g/mol. The van der Waals surface area contributed by atoms with E-state index >= 15 is 0 Å². The fourth-order valence-corrected chi connectivity index (χ4v) is 2.07. The van der Waals surface area contributed by atoms with Gasteiger partial charge in [-0.1, -0.05) is 17.7 Å². The summed E-state index contributed by atoms with van der Waals surface area (Å²) >= 11 is 6.08. The number of hydrogen-bond donors (Lipinski definition) is 1. The minimum Gasteiger partial charge on any atom is -0.403 e. The number of nitrogens with zero attached hydrogens (tertiary/aromatic N) is 1. The highest BCUT2D eigenvalue weighted by molar-refractivity contribution is 6.31. The van der Waals surface area contributed by atoms with Crippen LogP contribution in [-0.4, -0.2) is 10.0 Å². The lowest BCUT2D eigenvalue weighted by atomic mass is 10.0. The highest BCUT2D eigenvalue weighted by atomic mass is 35.5. The second-order valence-corrected chi connectivity index (χ2v) is 4.70. The highest BCUT2D eigenvalue weighted by Crippen LogP contribution is 2.32. The van der Waals surface area contributed by atoms with E-state index in [1.54, 1.807) is 12.1 Å². The normalized spacial score (nSPS) is 12.4. The van der Waals surface area contributed by atoms with Crippen LogP contribution in [0.15, 0.2) is 28.7 Å². The van der Waals surface area contributed by atoms with Crippen molar-refractivity contribution in [3.05, 3.63) is 61.9 Å². The Labute approximate surface area is 114 Å². The van der Waals surface area contributed by atoms with Crippen LogP contribution >= 0.6 is 11.6 Å². The van der Waals surface area contributed by atoms with E-state index in [0.717, 1.165) is 11.1 Å². The third-order valence-corrected chi connectivity index (χ3v) is 3.30. The average molecular weight is 282 g/mol. The van der Waals surface area contributed by atoms with Crippen LogP contribution in [0.2, 0.25) is 5.02 Å². The van der Waals surface area contributed by atoms with Gasteiger partial charge in [-0.15, -0.1) is 0 Å². The number of hydrogen-bond acceptors (Lipinski definition) is 4. The van der Waals surface area contributed by atoms with E-state index in [1.807, 2.05) is 13.8 Å². The summed E-state index contributed by atoms with van der Waals surface area (Å²) < 4.78 is 4.98. The molecule has 2 rings (SSSR count). The van der Waals surface area contributed by atoms with Gasteiger partial charge in [0.25, 0.3) is 0 Å².